The Balaban J connectivity index is 1.82. The lowest BCUT2D eigenvalue weighted by Gasteiger charge is -2.18. The molecule has 0 bridgehead atoms. The number of Topliss-reactive ketones (excluding diaryl/α,β-unsaturated/α-hetero) is 1. The van der Waals surface area contributed by atoms with Gasteiger partial charge in [-0.05, 0) is 60.7 Å². The van der Waals surface area contributed by atoms with Gasteiger partial charge in [-0.25, -0.2) is 9.78 Å². The number of rotatable bonds is 9. The molecule has 0 saturated heterocycles. The van der Waals surface area contributed by atoms with Crippen LogP contribution in [-0.2, 0) is 16.1 Å². The molecule has 4 rings (SSSR count). The second-order valence-electron chi connectivity index (χ2n) is 8.09. The highest BCUT2D eigenvalue weighted by Gasteiger charge is 2.25. The summed E-state index contributed by atoms with van der Waals surface area (Å²) in [6, 6.07) is 24.4. The highest BCUT2D eigenvalue weighted by atomic mass is 16.5. The molecule has 0 fully saturated rings. The number of benzene rings is 3. The molecule has 3 aromatic carbocycles. The molecule has 0 aliphatic rings. The second-order valence-corrected chi connectivity index (χ2v) is 8.09. The Morgan fingerprint density at radius 2 is 1.63 bits per heavy atom. The van der Waals surface area contributed by atoms with Crippen LogP contribution in [0.5, 0.6) is 11.5 Å². The van der Waals surface area contributed by atoms with Crippen molar-refractivity contribution >= 4 is 22.5 Å². The third-order valence-corrected chi connectivity index (χ3v) is 5.70. The van der Waals surface area contributed by atoms with Gasteiger partial charge in [0.1, 0.15) is 29.6 Å². The highest BCUT2D eigenvalue weighted by molar-refractivity contribution is 5.98. The van der Waals surface area contributed by atoms with Crippen molar-refractivity contribution in [2.24, 2.45) is 0 Å². The van der Waals surface area contributed by atoms with Gasteiger partial charge in [0, 0.05) is 5.39 Å². The van der Waals surface area contributed by atoms with E-state index in [1.807, 2.05) is 60.7 Å². The fraction of sp³-hybridized carbons (Fsp3) is 0.207. The molecule has 0 saturated carbocycles. The monoisotopic (exact) mass is 469 g/mol. The van der Waals surface area contributed by atoms with Crippen molar-refractivity contribution < 1.29 is 23.8 Å². The number of carbonyl (C=O) groups is 2. The van der Waals surface area contributed by atoms with Gasteiger partial charge in [0.25, 0.3) is 0 Å². The standard InChI is InChI=1S/C29H27NO5/c1-4-34-29(32)26-16-22-12-15-24(35-18-20-8-6-5-7-9-20)17-25(22)28(30-26)27(19(2)31)21-10-13-23(33-3)14-11-21/h5-17,27H,4,18H2,1-3H3. The number of fused-ring (bicyclic) bond motifs is 1. The minimum atomic E-state index is -0.679. The van der Waals surface area contributed by atoms with E-state index in [4.69, 9.17) is 14.2 Å². The lowest BCUT2D eigenvalue weighted by Crippen LogP contribution is -2.16. The summed E-state index contributed by atoms with van der Waals surface area (Å²) < 4.78 is 16.5. The van der Waals surface area contributed by atoms with E-state index in [2.05, 4.69) is 4.98 Å². The molecular formula is C29H27NO5. The van der Waals surface area contributed by atoms with Gasteiger partial charge in [-0.3, -0.25) is 4.79 Å². The van der Waals surface area contributed by atoms with Gasteiger partial charge in [0.15, 0.2) is 0 Å². The third-order valence-electron chi connectivity index (χ3n) is 5.70. The number of hydrogen-bond acceptors (Lipinski definition) is 6. The van der Waals surface area contributed by atoms with Crippen LogP contribution < -0.4 is 9.47 Å². The Hall–Kier alpha value is -4.19. The van der Waals surface area contributed by atoms with Crippen molar-refractivity contribution in [3.8, 4) is 11.5 Å². The largest absolute Gasteiger partial charge is 0.497 e. The van der Waals surface area contributed by atoms with Gasteiger partial charge < -0.3 is 14.2 Å². The van der Waals surface area contributed by atoms with E-state index in [-0.39, 0.29) is 18.1 Å². The molecule has 1 unspecified atom stereocenters. The number of nitrogens with zero attached hydrogens (tertiary/aromatic N) is 1. The zero-order valence-corrected chi connectivity index (χ0v) is 20.0. The Labute approximate surface area is 204 Å². The van der Waals surface area contributed by atoms with Crippen LogP contribution in [0, 0.1) is 0 Å². The summed E-state index contributed by atoms with van der Waals surface area (Å²) in [5.41, 5.74) is 2.44. The average Bonchev–Trinajstić information content (AvgIpc) is 2.88. The van der Waals surface area contributed by atoms with Crippen LogP contribution in [-0.4, -0.2) is 30.5 Å². The first-order valence-corrected chi connectivity index (χ1v) is 11.4. The molecule has 178 valence electrons. The van der Waals surface area contributed by atoms with Gasteiger partial charge in [-0.2, -0.15) is 0 Å². The summed E-state index contributed by atoms with van der Waals surface area (Å²) in [6.07, 6.45) is 0. The summed E-state index contributed by atoms with van der Waals surface area (Å²) in [5, 5.41) is 1.50. The van der Waals surface area contributed by atoms with Crippen LogP contribution in [0.4, 0.5) is 0 Å². The highest BCUT2D eigenvalue weighted by Crippen LogP contribution is 2.34. The number of esters is 1. The summed E-state index contributed by atoms with van der Waals surface area (Å²) in [7, 11) is 1.59. The van der Waals surface area contributed by atoms with E-state index in [0.717, 1.165) is 21.9 Å². The molecule has 0 aliphatic carbocycles. The maximum Gasteiger partial charge on any atom is 0.356 e. The minimum absolute atomic E-state index is 0.0967. The van der Waals surface area contributed by atoms with Crippen molar-refractivity contribution in [2.75, 3.05) is 13.7 Å². The van der Waals surface area contributed by atoms with E-state index >= 15 is 0 Å². The molecule has 4 aromatic rings. The first-order valence-electron chi connectivity index (χ1n) is 11.4. The van der Waals surface area contributed by atoms with E-state index in [1.165, 1.54) is 6.92 Å². The third kappa shape index (κ3) is 5.49. The fourth-order valence-corrected chi connectivity index (χ4v) is 3.99. The average molecular weight is 470 g/mol. The van der Waals surface area contributed by atoms with Gasteiger partial charge in [-0.1, -0.05) is 48.5 Å². The molecule has 1 heterocycles. The number of ether oxygens (including phenoxy) is 3. The number of ketones is 1. The molecule has 6 nitrogen and oxygen atoms in total. The number of carbonyl (C=O) groups excluding carboxylic acids is 2. The lowest BCUT2D eigenvalue weighted by molar-refractivity contribution is -0.117. The van der Waals surface area contributed by atoms with E-state index < -0.39 is 11.9 Å². The predicted molar refractivity (Wildman–Crippen MR) is 134 cm³/mol. The maximum atomic E-state index is 12.9. The molecule has 0 aliphatic heterocycles. The molecular weight excluding hydrogens is 442 g/mol. The van der Waals surface area contributed by atoms with Crippen LogP contribution in [0.25, 0.3) is 10.8 Å². The van der Waals surface area contributed by atoms with Crippen molar-refractivity contribution in [1.82, 2.24) is 4.98 Å². The summed E-state index contributed by atoms with van der Waals surface area (Å²) in [4.78, 5) is 30.1. The van der Waals surface area contributed by atoms with Crippen molar-refractivity contribution in [2.45, 2.75) is 26.4 Å². The molecule has 35 heavy (non-hydrogen) atoms. The summed E-state index contributed by atoms with van der Waals surface area (Å²) in [5.74, 6) is 0.0240. The van der Waals surface area contributed by atoms with E-state index in [0.29, 0.717) is 23.8 Å². The number of hydrogen-bond donors (Lipinski definition) is 0. The van der Waals surface area contributed by atoms with E-state index in [9.17, 15) is 9.59 Å². The zero-order valence-electron chi connectivity index (χ0n) is 20.0. The van der Waals surface area contributed by atoms with Crippen LogP contribution in [0.15, 0.2) is 78.9 Å². The molecule has 6 heteroatoms. The predicted octanol–water partition coefficient (Wildman–Crippen LogP) is 5.72. The Bertz CT molecular complexity index is 1330. The SMILES string of the molecule is CCOC(=O)c1cc2ccc(OCc3ccccc3)cc2c(C(C(C)=O)c2ccc(OC)cc2)n1. The first-order chi connectivity index (χ1) is 17.0. The fourth-order valence-electron chi connectivity index (χ4n) is 3.99. The molecule has 0 N–H and O–H groups in total. The van der Waals surface area contributed by atoms with Crippen molar-refractivity contribution in [1.29, 1.82) is 0 Å². The van der Waals surface area contributed by atoms with Crippen molar-refractivity contribution in [3.63, 3.8) is 0 Å². The van der Waals surface area contributed by atoms with Crippen molar-refractivity contribution in [3.05, 3.63) is 101 Å². The summed E-state index contributed by atoms with van der Waals surface area (Å²) in [6.45, 7) is 3.90. The quantitative estimate of drug-likeness (QED) is 0.292. The topological polar surface area (TPSA) is 74.7 Å². The molecule has 1 atom stereocenters. The molecule has 1 aromatic heterocycles. The lowest BCUT2D eigenvalue weighted by atomic mass is 9.88. The van der Waals surface area contributed by atoms with Crippen LogP contribution >= 0.6 is 0 Å². The Morgan fingerprint density at radius 1 is 0.914 bits per heavy atom. The Kier molecular flexibility index (Phi) is 7.41. The van der Waals surface area contributed by atoms with Crippen LogP contribution in [0.3, 0.4) is 0 Å². The normalized spacial score (nSPS) is 11.6. The number of pyridine rings is 1. The molecule has 0 radical (unpaired) electrons. The van der Waals surface area contributed by atoms with Gasteiger partial charge in [0.05, 0.1) is 25.3 Å². The van der Waals surface area contributed by atoms with E-state index in [1.54, 1.807) is 32.2 Å². The Morgan fingerprint density at radius 3 is 2.29 bits per heavy atom. The maximum absolute atomic E-state index is 12.9. The summed E-state index contributed by atoms with van der Waals surface area (Å²) >= 11 is 0. The van der Waals surface area contributed by atoms with Gasteiger partial charge in [-0.15, -0.1) is 0 Å². The van der Waals surface area contributed by atoms with Gasteiger partial charge >= 0.3 is 5.97 Å². The van der Waals surface area contributed by atoms with Crippen LogP contribution in [0.1, 0.15) is 47.1 Å². The molecule has 0 amide bonds. The minimum Gasteiger partial charge on any atom is -0.497 e. The number of methoxy groups -OCH3 is 1. The van der Waals surface area contributed by atoms with Gasteiger partial charge in [0.2, 0.25) is 0 Å². The first kappa shape index (κ1) is 24.0. The second kappa shape index (κ2) is 10.8. The smallest absolute Gasteiger partial charge is 0.356 e. The molecule has 0 spiro atoms. The van der Waals surface area contributed by atoms with Crippen LogP contribution in [0.2, 0.25) is 0 Å². The number of aromatic nitrogens is 1. The zero-order chi connectivity index (χ0) is 24.8.